The van der Waals surface area contributed by atoms with Crippen molar-refractivity contribution in [1.82, 2.24) is 0 Å². The number of rotatable bonds is 3. The predicted molar refractivity (Wildman–Crippen MR) is 109 cm³/mol. The Kier molecular flexibility index (Phi) is 4.38. The third-order valence-corrected chi connectivity index (χ3v) is 7.19. The molecule has 2 aromatic rings. The summed E-state index contributed by atoms with van der Waals surface area (Å²) < 4.78 is 19.2. The van der Waals surface area contributed by atoms with Crippen molar-refractivity contribution in [2.75, 3.05) is 13.2 Å². The van der Waals surface area contributed by atoms with E-state index in [1.807, 2.05) is 18.2 Å². The fourth-order valence-corrected chi connectivity index (χ4v) is 5.52. The molecule has 0 unspecified atom stereocenters. The van der Waals surface area contributed by atoms with Crippen molar-refractivity contribution >= 4 is 22.0 Å². The zero-order chi connectivity index (χ0) is 18.3. The van der Waals surface area contributed by atoms with Gasteiger partial charge in [-0.2, -0.15) is 0 Å². The van der Waals surface area contributed by atoms with E-state index in [1.165, 1.54) is 21.2 Å². The van der Waals surface area contributed by atoms with Gasteiger partial charge in [0.25, 0.3) is 0 Å². The Hall–Kier alpha value is -1.62. The third kappa shape index (κ3) is 3.04. The van der Waals surface area contributed by atoms with E-state index in [4.69, 9.17) is 14.2 Å². The molecule has 0 radical (unpaired) electrons. The van der Waals surface area contributed by atoms with Crippen molar-refractivity contribution < 1.29 is 14.2 Å². The number of allylic oxidation sites excluding steroid dienone is 1. The summed E-state index contributed by atoms with van der Waals surface area (Å²) in [6.07, 6.45) is 6.19. The smallest absolute Gasteiger partial charge is 0.168 e. The molecule has 3 nitrogen and oxygen atoms in total. The lowest BCUT2D eigenvalue weighted by Gasteiger charge is -2.42. The second-order valence-electron chi connectivity index (χ2n) is 7.71. The van der Waals surface area contributed by atoms with E-state index in [-0.39, 0.29) is 11.2 Å². The maximum absolute atomic E-state index is 6.09. The van der Waals surface area contributed by atoms with Crippen LogP contribution in [0.1, 0.15) is 42.4 Å². The van der Waals surface area contributed by atoms with Crippen LogP contribution in [0, 0.1) is 0 Å². The monoisotopic (exact) mass is 426 g/mol. The molecule has 3 aliphatic rings. The molecule has 2 aromatic carbocycles. The number of benzene rings is 2. The molecule has 0 amide bonds. The standard InChI is InChI=1S/C23H23BrO3/c24-21-14-18-6-7-19(25-16-17-4-2-1-3-5-17)15-20(18)22(21)8-10-23(11-9-22)26-12-13-27-23/h1-7,14-15H,8-13,16H2. The van der Waals surface area contributed by atoms with E-state index in [2.05, 4.69) is 52.3 Å². The van der Waals surface area contributed by atoms with Gasteiger partial charge in [-0.15, -0.1) is 0 Å². The number of ether oxygens (including phenoxy) is 3. The molecule has 4 heteroatoms. The highest BCUT2D eigenvalue weighted by molar-refractivity contribution is 9.11. The minimum atomic E-state index is -0.345. The molecule has 0 aromatic heterocycles. The molecule has 27 heavy (non-hydrogen) atoms. The van der Waals surface area contributed by atoms with Gasteiger partial charge in [-0.3, -0.25) is 0 Å². The van der Waals surface area contributed by atoms with Gasteiger partial charge in [-0.05, 0) is 47.7 Å². The van der Waals surface area contributed by atoms with Gasteiger partial charge in [0.05, 0.1) is 13.2 Å². The first-order valence-electron chi connectivity index (χ1n) is 9.66. The van der Waals surface area contributed by atoms with Gasteiger partial charge in [0.15, 0.2) is 5.79 Å². The van der Waals surface area contributed by atoms with Gasteiger partial charge < -0.3 is 14.2 Å². The number of fused-ring (bicyclic) bond motifs is 2. The molecule has 1 aliphatic heterocycles. The molecule has 0 bridgehead atoms. The largest absolute Gasteiger partial charge is 0.489 e. The average Bonchev–Trinajstić information content (AvgIpc) is 3.27. The van der Waals surface area contributed by atoms with Gasteiger partial charge >= 0.3 is 0 Å². The first kappa shape index (κ1) is 17.5. The summed E-state index contributed by atoms with van der Waals surface area (Å²) in [4.78, 5) is 0. The Morgan fingerprint density at radius 1 is 0.926 bits per heavy atom. The Morgan fingerprint density at radius 2 is 1.67 bits per heavy atom. The Morgan fingerprint density at radius 3 is 2.41 bits per heavy atom. The van der Waals surface area contributed by atoms with Crippen molar-refractivity contribution in [2.45, 2.75) is 43.5 Å². The van der Waals surface area contributed by atoms with Crippen LogP contribution >= 0.6 is 15.9 Å². The molecule has 2 aliphatic carbocycles. The highest BCUT2D eigenvalue weighted by Gasteiger charge is 2.50. The van der Waals surface area contributed by atoms with Gasteiger partial charge in [-0.1, -0.05) is 52.3 Å². The van der Waals surface area contributed by atoms with E-state index < -0.39 is 0 Å². The van der Waals surface area contributed by atoms with Crippen LogP contribution in [0.25, 0.3) is 6.08 Å². The highest BCUT2D eigenvalue weighted by atomic mass is 79.9. The minimum Gasteiger partial charge on any atom is -0.489 e. The zero-order valence-corrected chi connectivity index (χ0v) is 16.8. The lowest BCUT2D eigenvalue weighted by Crippen LogP contribution is -2.41. The number of hydrogen-bond donors (Lipinski definition) is 0. The van der Waals surface area contributed by atoms with Gasteiger partial charge in [-0.25, -0.2) is 0 Å². The summed E-state index contributed by atoms with van der Waals surface area (Å²) in [5.41, 5.74) is 3.87. The first-order chi connectivity index (χ1) is 13.2. The van der Waals surface area contributed by atoms with Gasteiger partial charge in [0.1, 0.15) is 12.4 Å². The van der Waals surface area contributed by atoms with Crippen molar-refractivity contribution in [1.29, 1.82) is 0 Å². The Labute approximate surface area is 168 Å². The molecule has 5 rings (SSSR count). The van der Waals surface area contributed by atoms with E-state index in [0.717, 1.165) is 44.6 Å². The lowest BCUT2D eigenvalue weighted by atomic mass is 9.69. The highest BCUT2D eigenvalue weighted by Crippen LogP contribution is 2.56. The summed E-state index contributed by atoms with van der Waals surface area (Å²) in [6.45, 7) is 2.03. The van der Waals surface area contributed by atoms with E-state index >= 15 is 0 Å². The molecule has 1 saturated carbocycles. The van der Waals surface area contributed by atoms with E-state index in [0.29, 0.717) is 6.61 Å². The fourth-order valence-electron chi connectivity index (χ4n) is 4.66. The van der Waals surface area contributed by atoms with Crippen molar-refractivity contribution in [2.24, 2.45) is 0 Å². The van der Waals surface area contributed by atoms with Crippen LogP contribution in [0.2, 0.25) is 0 Å². The molecule has 0 N–H and O–H groups in total. The molecule has 1 saturated heterocycles. The van der Waals surface area contributed by atoms with Crippen LogP contribution in [0.4, 0.5) is 0 Å². The first-order valence-corrected chi connectivity index (χ1v) is 10.5. The molecule has 2 spiro atoms. The molecule has 140 valence electrons. The SMILES string of the molecule is BrC1=Cc2ccc(OCc3ccccc3)cc2C12CCC1(CC2)OCCO1. The maximum Gasteiger partial charge on any atom is 0.168 e. The summed E-state index contributed by atoms with van der Waals surface area (Å²) >= 11 is 3.87. The average molecular weight is 427 g/mol. The van der Waals surface area contributed by atoms with Crippen LogP contribution < -0.4 is 4.74 Å². The molecule has 1 heterocycles. The summed E-state index contributed by atoms with van der Waals surface area (Å²) in [5, 5.41) is 0. The lowest BCUT2D eigenvalue weighted by molar-refractivity contribution is -0.182. The quantitative estimate of drug-likeness (QED) is 0.641. The third-order valence-electron chi connectivity index (χ3n) is 6.21. The molecule has 2 fully saturated rings. The molecule has 0 atom stereocenters. The van der Waals surface area contributed by atoms with Crippen molar-refractivity contribution in [3.63, 3.8) is 0 Å². The van der Waals surface area contributed by atoms with Gasteiger partial charge in [0, 0.05) is 22.7 Å². The molecular weight excluding hydrogens is 404 g/mol. The van der Waals surface area contributed by atoms with Crippen LogP contribution in [0.3, 0.4) is 0 Å². The Balaban J connectivity index is 1.38. The summed E-state index contributed by atoms with van der Waals surface area (Å²) in [6, 6.07) is 16.8. The second kappa shape index (κ2) is 6.77. The topological polar surface area (TPSA) is 27.7 Å². The normalized spacial score (nSPS) is 22.0. The van der Waals surface area contributed by atoms with E-state index in [1.54, 1.807) is 0 Å². The van der Waals surface area contributed by atoms with Crippen molar-refractivity contribution in [3.05, 3.63) is 69.7 Å². The minimum absolute atomic E-state index is 0.0298. The zero-order valence-electron chi connectivity index (χ0n) is 15.2. The van der Waals surface area contributed by atoms with E-state index in [9.17, 15) is 0 Å². The molecular formula is C23H23BrO3. The van der Waals surface area contributed by atoms with Crippen LogP contribution in [-0.4, -0.2) is 19.0 Å². The predicted octanol–water partition coefficient (Wildman–Crippen LogP) is 5.57. The number of halogens is 1. The number of hydrogen-bond acceptors (Lipinski definition) is 3. The summed E-state index contributed by atoms with van der Waals surface area (Å²) in [5.74, 6) is 0.587. The van der Waals surface area contributed by atoms with Crippen LogP contribution in [-0.2, 0) is 21.5 Å². The van der Waals surface area contributed by atoms with Gasteiger partial charge in [0.2, 0.25) is 0 Å². The maximum atomic E-state index is 6.09. The van der Waals surface area contributed by atoms with Crippen molar-refractivity contribution in [3.8, 4) is 5.75 Å². The Bertz CT molecular complexity index is 858. The van der Waals surface area contributed by atoms with Crippen LogP contribution in [0.5, 0.6) is 5.75 Å². The van der Waals surface area contributed by atoms with Crippen LogP contribution in [0.15, 0.2) is 53.0 Å². The fraction of sp³-hybridized carbons (Fsp3) is 0.391. The second-order valence-corrected chi connectivity index (χ2v) is 8.56. The summed E-state index contributed by atoms with van der Waals surface area (Å²) in [7, 11) is 0.